The molecule has 0 unspecified atom stereocenters. The van der Waals surface area contributed by atoms with E-state index in [0.29, 0.717) is 17.3 Å². The lowest BCUT2D eigenvalue weighted by atomic mass is 10.1. The smallest absolute Gasteiger partial charge is 0.388 e. The molecule has 0 atom stereocenters. The predicted molar refractivity (Wildman–Crippen MR) is 93.6 cm³/mol. The van der Waals surface area contributed by atoms with Crippen molar-refractivity contribution in [1.29, 1.82) is 0 Å². The zero-order chi connectivity index (χ0) is 19.3. The molecule has 0 aliphatic heterocycles. The molecule has 1 aliphatic rings. The van der Waals surface area contributed by atoms with Crippen LogP contribution in [-0.4, -0.2) is 28.8 Å². The van der Waals surface area contributed by atoms with E-state index in [0.717, 1.165) is 18.8 Å². The number of alkyl halides is 3. The summed E-state index contributed by atoms with van der Waals surface area (Å²) in [6, 6.07) is 5.60. The van der Waals surface area contributed by atoms with Crippen LogP contribution in [-0.2, 0) is 0 Å². The van der Waals surface area contributed by atoms with Crippen molar-refractivity contribution in [3.63, 3.8) is 0 Å². The molecule has 9 heteroatoms. The Labute approximate surface area is 154 Å². The van der Waals surface area contributed by atoms with E-state index >= 15 is 0 Å². The second-order valence-corrected chi connectivity index (χ2v) is 6.32. The fraction of sp³-hybridized carbons (Fsp3) is 0.389. The molecule has 0 radical (unpaired) electrons. The molecule has 1 saturated carbocycles. The summed E-state index contributed by atoms with van der Waals surface area (Å²) in [6.45, 7) is 0.752. The first kappa shape index (κ1) is 18.9. The van der Waals surface area contributed by atoms with Crippen LogP contribution in [0.15, 0.2) is 36.7 Å². The van der Waals surface area contributed by atoms with Gasteiger partial charge in [0.25, 0.3) is 5.91 Å². The standard InChI is InChI=1S/C18H19F3N4O2/c19-18(20,21)27-15-8-7-13(11-23-15)25-17(26)14-6-3-9-22-16(14)24-10-12-4-1-2-5-12/h3,6-9,11-12H,1-2,4-5,10H2,(H,22,24)(H,25,26). The van der Waals surface area contributed by atoms with Crippen LogP contribution < -0.4 is 15.4 Å². The van der Waals surface area contributed by atoms with Crippen LogP contribution in [0.2, 0.25) is 0 Å². The van der Waals surface area contributed by atoms with Crippen molar-refractivity contribution in [3.05, 3.63) is 42.2 Å². The first-order valence-corrected chi connectivity index (χ1v) is 8.63. The Morgan fingerprint density at radius 3 is 2.63 bits per heavy atom. The molecule has 144 valence electrons. The summed E-state index contributed by atoms with van der Waals surface area (Å²) in [6.07, 6.45) is 2.66. The van der Waals surface area contributed by atoms with Gasteiger partial charge in [-0.15, -0.1) is 13.2 Å². The Bertz CT molecular complexity index is 775. The maximum absolute atomic E-state index is 12.5. The van der Waals surface area contributed by atoms with Gasteiger partial charge in [-0.05, 0) is 37.0 Å². The third-order valence-corrected chi connectivity index (χ3v) is 4.30. The molecule has 1 amide bonds. The number of nitrogens with zero attached hydrogens (tertiary/aromatic N) is 2. The largest absolute Gasteiger partial charge is 0.574 e. The molecule has 2 aromatic rings. The molecule has 0 saturated heterocycles. The monoisotopic (exact) mass is 380 g/mol. The van der Waals surface area contributed by atoms with Crippen LogP contribution in [0.1, 0.15) is 36.0 Å². The van der Waals surface area contributed by atoms with Crippen molar-refractivity contribution < 1.29 is 22.7 Å². The Hall–Kier alpha value is -2.84. The van der Waals surface area contributed by atoms with Crippen molar-refractivity contribution >= 4 is 17.4 Å². The molecule has 0 spiro atoms. The highest BCUT2D eigenvalue weighted by Crippen LogP contribution is 2.25. The van der Waals surface area contributed by atoms with E-state index in [1.54, 1.807) is 18.3 Å². The lowest BCUT2D eigenvalue weighted by Crippen LogP contribution is -2.19. The van der Waals surface area contributed by atoms with Gasteiger partial charge in [-0.3, -0.25) is 4.79 Å². The van der Waals surface area contributed by atoms with Gasteiger partial charge in [0.2, 0.25) is 5.88 Å². The van der Waals surface area contributed by atoms with Crippen molar-refractivity contribution in [1.82, 2.24) is 9.97 Å². The van der Waals surface area contributed by atoms with E-state index in [-0.39, 0.29) is 5.69 Å². The number of hydrogen-bond acceptors (Lipinski definition) is 5. The molecular weight excluding hydrogens is 361 g/mol. The van der Waals surface area contributed by atoms with E-state index in [9.17, 15) is 18.0 Å². The summed E-state index contributed by atoms with van der Waals surface area (Å²) in [7, 11) is 0. The Balaban J connectivity index is 1.63. The molecule has 2 heterocycles. The Kier molecular flexibility index (Phi) is 5.78. The molecule has 2 N–H and O–H groups in total. The van der Waals surface area contributed by atoms with Crippen LogP contribution in [0.3, 0.4) is 0 Å². The summed E-state index contributed by atoms with van der Waals surface area (Å²) < 4.78 is 40.2. The first-order valence-electron chi connectivity index (χ1n) is 8.63. The Morgan fingerprint density at radius 1 is 1.19 bits per heavy atom. The van der Waals surface area contributed by atoms with Crippen LogP contribution in [0.25, 0.3) is 0 Å². The van der Waals surface area contributed by atoms with E-state index in [4.69, 9.17) is 0 Å². The molecule has 0 bridgehead atoms. The number of hydrogen-bond donors (Lipinski definition) is 2. The third-order valence-electron chi connectivity index (χ3n) is 4.30. The second-order valence-electron chi connectivity index (χ2n) is 6.32. The lowest BCUT2D eigenvalue weighted by molar-refractivity contribution is -0.276. The van der Waals surface area contributed by atoms with Crippen molar-refractivity contribution in [2.45, 2.75) is 32.0 Å². The maximum Gasteiger partial charge on any atom is 0.574 e. The summed E-state index contributed by atoms with van der Waals surface area (Å²) in [5.41, 5.74) is 0.603. The number of carbonyl (C=O) groups excluding carboxylic acids is 1. The average Bonchev–Trinajstić information content (AvgIpc) is 3.14. The molecule has 1 fully saturated rings. The highest BCUT2D eigenvalue weighted by Gasteiger charge is 2.31. The summed E-state index contributed by atoms with van der Waals surface area (Å²) in [4.78, 5) is 20.3. The zero-order valence-electron chi connectivity index (χ0n) is 14.4. The summed E-state index contributed by atoms with van der Waals surface area (Å²) >= 11 is 0. The topological polar surface area (TPSA) is 76.1 Å². The second kappa shape index (κ2) is 8.24. The van der Waals surface area contributed by atoms with E-state index in [1.165, 1.54) is 31.7 Å². The fourth-order valence-electron chi connectivity index (χ4n) is 3.02. The maximum atomic E-state index is 12.5. The number of aromatic nitrogens is 2. The first-order chi connectivity index (χ1) is 12.9. The molecule has 6 nitrogen and oxygen atoms in total. The third kappa shape index (κ3) is 5.57. The van der Waals surface area contributed by atoms with Gasteiger partial charge < -0.3 is 15.4 Å². The number of nitrogens with one attached hydrogen (secondary N) is 2. The molecule has 0 aromatic carbocycles. The number of amides is 1. The van der Waals surface area contributed by atoms with Gasteiger partial charge in [-0.1, -0.05) is 12.8 Å². The number of ether oxygens (including phenoxy) is 1. The Morgan fingerprint density at radius 2 is 1.96 bits per heavy atom. The normalized spacial score (nSPS) is 14.8. The molecule has 2 aromatic heterocycles. The molecule has 1 aliphatic carbocycles. The van der Waals surface area contributed by atoms with E-state index in [1.807, 2.05) is 0 Å². The average molecular weight is 380 g/mol. The minimum Gasteiger partial charge on any atom is -0.388 e. The molecule has 27 heavy (non-hydrogen) atoms. The van der Waals surface area contributed by atoms with Crippen LogP contribution in [0.5, 0.6) is 5.88 Å². The number of carbonyl (C=O) groups is 1. The highest BCUT2D eigenvalue weighted by molar-refractivity contribution is 6.07. The lowest BCUT2D eigenvalue weighted by Gasteiger charge is -2.14. The number of anilines is 2. The van der Waals surface area contributed by atoms with E-state index < -0.39 is 18.1 Å². The van der Waals surface area contributed by atoms with E-state index in [2.05, 4.69) is 25.3 Å². The van der Waals surface area contributed by atoms with Crippen LogP contribution >= 0.6 is 0 Å². The van der Waals surface area contributed by atoms with Gasteiger partial charge in [0, 0.05) is 18.8 Å². The van der Waals surface area contributed by atoms with Crippen molar-refractivity contribution in [3.8, 4) is 5.88 Å². The minimum atomic E-state index is -4.81. The van der Waals surface area contributed by atoms with Gasteiger partial charge in [0.05, 0.1) is 17.4 Å². The highest BCUT2D eigenvalue weighted by atomic mass is 19.4. The SMILES string of the molecule is O=C(Nc1ccc(OC(F)(F)F)nc1)c1cccnc1NCC1CCCC1. The predicted octanol–water partition coefficient (Wildman–Crippen LogP) is 4.23. The summed E-state index contributed by atoms with van der Waals surface area (Å²) in [5, 5.41) is 5.82. The van der Waals surface area contributed by atoms with Crippen molar-refractivity contribution in [2.24, 2.45) is 5.92 Å². The minimum absolute atomic E-state index is 0.250. The number of halogens is 3. The number of rotatable bonds is 6. The van der Waals surface area contributed by atoms with Crippen LogP contribution in [0, 0.1) is 5.92 Å². The van der Waals surface area contributed by atoms with Crippen LogP contribution in [0.4, 0.5) is 24.7 Å². The van der Waals surface area contributed by atoms with Gasteiger partial charge in [-0.2, -0.15) is 0 Å². The number of pyridine rings is 2. The molecule has 3 rings (SSSR count). The molecular formula is C18H19F3N4O2. The zero-order valence-corrected chi connectivity index (χ0v) is 14.4. The summed E-state index contributed by atoms with van der Waals surface area (Å²) in [5.74, 6) is 0.0317. The van der Waals surface area contributed by atoms with Gasteiger partial charge in [-0.25, -0.2) is 9.97 Å². The van der Waals surface area contributed by atoms with Gasteiger partial charge >= 0.3 is 6.36 Å². The fourth-order valence-corrected chi connectivity index (χ4v) is 3.02. The van der Waals surface area contributed by atoms with Crippen molar-refractivity contribution in [2.75, 3.05) is 17.2 Å². The quantitative estimate of drug-likeness (QED) is 0.784. The van der Waals surface area contributed by atoms with Gasteiger partial charge in [0.15, 0.2) is 0 Å². The van der Waals surface area contributed by atoms with Gasteiger partial charge in [0.1, 0.15) is 5.82 Å².